The quantitative estimate of drug-likeness (QED) is 0.865. The number of carbonyl (C=O) groups excluding carboxylic acids is 1. The van der Waals surface area contributed by atoms with E-state index in [4.69, 9.17) is 11.6 Å². The molecule has 1 N–H and O–H groups in total. The second kappa shape index (κ2) is 7.52. The molecule has 1 aromatic rings. The Morgan fingerprint density at radius 2 is 2.05 bits per heavy atom. The van der Waals surface area contributed by atoms with Gasteiger partial charge in [-0.05, 0) is 30.4 Å². The van der Waals surface area contributed by atoms with Crippen molar-refractivity contribution in [2.24, 2.45) is 0 Å². The van der Waals surface area contributed by atoms with E-state index in [0.717, 1.165) is 30.0 Å². The molecule has 3 nitrogen and oxygen atoms in total. The molecule has 0 aliphatic carbocycles. The Hall–Kier alpha value is -0.710. The molecule has 5 heteroatoms. The summed E-state index contributed by atoms with van der Waals surface area (Å²) in [6, 6.07) is 7.69. The molecule has 0 radical (unpaired) electrons. The molecule has 21 heavy (non-hydrogen) atoms. The Morgan fingerprint density at radius 1 is 1.38 bits per heavy atom. The van der Waals surface area contributed by atoms with E-state index >= 15 is 0 Å². The van der Waals surface area contributed by atoms with Gasteiger partial charge in [0, 0.05) is 16.8 Å². The molecule has 0 spiro atoms. The molecule has 1 aromatic carbocycles. The van der Waals surface area contributed by atoms with E-state index in [-0.39, 0.29) is 18.1 Å². The van der Waals surface area contributed by atoms with Crippen molar-refractivity contribution in [3.05, 3.63) is 34.9 Å². The standard InChI is InChI=1S/C16H23ClN2OS/c1-4-5-14-16(20)19(10-11(2)21-3)15(18-14)12-6-8-13(17)9-7-12/h6-9,11,14-15,18H,4-5,10H2,1-3H3. The lowest BCUT2D eigenvalue weighted by Gasteiger charge is -2.26. The fraction of sp³-hybridized carbons (Fsp3) is 0.562. The van der Waals surface area contributed by atoms with Crippen LogP contribution in [0, 0.1) is 0 Å². The molecule has 0 saturated carbocycles. The minimum atomic E-state index is -0.0651. The number of rotatable bonds is 6. The van der Waals surface area contributed by atoms with Gasteiger partial charge in [-0.15, -0.1) is 0 Å². The number of carbonyl (C=O) groups is 1. The zero-order chi connectivity index (χ0) is 15.4. The molecular weight excluding hydrogens is 304 g/mol. The normalized spacial score (nSPS) is 23.6. The van der Waals surface area contributed by atoms with Gasteiger partial charge in [-0.1, -0.05) is 44.0 Å². The summed E-state index contributed by atoms with van der Waals surface area (Å²) in [6.45, 7) is 5.03. The van der Waals surface area contributed by atoms with E-state index in [9.17, 15) is 4.79 Å². The highest BCUT2D eigenvalue weighted by molar-refractivity contribution is 7.99. The molecule has 1 saturated heterocycles. The summed E-state index contributed by atoms with van der Waals surface area (Å²) in [6.07, 6.45) is 3.93. The Balaban J connectivity index is 2.22. The van der Waals surface area contributed by atoms with Crippen LogP contribution in [-0.4, -0.2) is 34.9 Å². The van der Waals surface area contributed by atoms with Crippen LogP contribution in [0.2, 0.25) is 5.02 Å². The first kappa shape index (κ1) is 16.7. The first-order chi connectivity index (χ1) is 10.1. The maximum Gasteiger partial charge on any atom is 0.241 e. The monoisotopic (exact) mass is 326 g/mol. The van der Waals surface area contributed by atoms with E-state index in [1.54, 1.807) is 11.8 Å². The lowest BCUT2D eigenvalue weighted by atomic mass is 10.1. The van der Waals surface area contributed by atoms with Gasteiger partial charge in [-0.3, -0.25) is 10.1 Å². The molecule has 0 aromatic heterocycles. The van der Waals surface area contributed by atoms with Crippen LogP contribution in [0.4, 0.5) is 0 Å². The SMILES string of the molecule is CCCC1NC(c2ccc(Cl)cc2)N(CC(C)SC)C1=O. The van der Waals surface area contributed by atoms with Crippen molar-refractivity contribution in [1.82, 2.24) is 10.2 Å². The number of nitrogens with zero attached hydrogens (tertiary/aromatic N) is 1. The lowest BCUT2D eigenvalue weighted by Crippen LogP contribution is -2.35. The summed E-state index contributed by atoms with van der Waals surface area (Å²) >= 11 is 7.75. The zero-order valence-electron chi connectivity index (χ0n) is 12.8. The highest BCUT2D eigenvalue weighted by atomic mass is 35.5. The molecule has 1 aliphatic heterocycles. The van der Waals surface area contributed by atoms with E-state index in [1.165, 1.54) is 0 Å². The maximum absolute atomic E-state index is 12.6. The molecule has 1 aliphatic rings. The minimum absolute atomic E-state index is 0.0408. The smallest absolute Gasteiger partial charge is 0.241 e. The second-order valence-electron chi connectivity index (χ2n) is 5.50. The van der Waals surface area contributed by atoms with Gasteiger partial charge in [0.05, 0.1) is 6.04 Å². The van der Waals surface area contributed by atoms with Crippen LogP contribution in [0.25, 0.3) is 0 Å². The average molecular weight is 327 g/mol. The summed E-state index contributed by atoms with van der Waals surface area (Å²) < 4.78 is 0. The van der Waals surface area contributed by atoms with Crippen LogP contribution >= 0.6 is 23.4 Å². The molecule has 0 bridgehead atoms. The fourth-order valence-corrected chi connectivity index (χ4v) is 3.08. The van der Waals surface area contributed by atoms with Crippen molar-refractivity contribution in [3.63, 3.8) is 0 Å². The Kier molecular flexibility index (Phi) is 5.97. The third-order valence-electron chi connectivity index (χ3n) is 3.87. The second-order valence-corrected chi connectivity index (χ2v) is 7.21. The first-order valence-corrected chi connectivity index (χ1v) is 9.08. The van der Waals surface area contributed by atoms with Crippen molar-refractivity contribution in [2.75, 3.05) is 12.8 Å². The summed E-state index contributed by atoms with van der Waals surface area (Å²) in [4.78, 5) is 14.6. The highest BCUT2D eigenvalue weighted by Crippen LogP contribution is 2.29. The highest BCUT2D eigenvalue weighted by Gasteiger charge is 2.39. The van der Waals surface area contributed by atoms with Crippen LogP contribution in [0.3, 0.4) is 0 Å². The van der Waals surface area contributed by atoms with E-state index in [0.29, 0.717) is 5.25 Å². The predicted octanol–water partition coefficient (Wildman–Crippen LogP) is 3.69. The van der Waals surface area contributed by atoms with Crippen molar-refractivity contribution >= 4 is 29.3 Å². The minimum Gasteiger partial charge on any atom is -0.320 e. The van der Waals surface area contributed by atoms with E-state index in [2.05, 4.69) is 25.4 Å². The van der Waals surface area contributed by atoms with Gasteiger partial charge in [-0.25, -0.2) is 0 Å². The number of amides is 1. The van der Waals surface area contributed by atoms with Crippen molar-refractivity contribution < 1.29 is 4.79 Å². The Bertz CT molecular complexity index is 480. The average Bonchev–Trinajstić information content (AvgIpc) is 2.78. The molecule has 3 atom stereocenters. The Morgan fingerprint density at radius 3 is 2.62 bits per heavy atom. The van der Waals surface area contributed by atoms with Crippen molar-refractivity contribution in [2.45, 2.75) is 44.1 Å². The third-order valence-corrected chi connectivity index (χ3v) is 5.08. The Labute approximate surface area is 136 Å². The molecule has 116 valence electrons. The topological polar surface area (TPSA) is 32.3 Å². The van der Waals surface area contributed by atoms with Gasteiger partial charge in [0.15, 0.2) is 0 Å². The van der Waals surface area contributed by atoms with Crippen molar-refractivity contribution in [3.8, 4) is 0 Å². The fourth-order valence-electron chi connectivity index (χ4n) is 2.64. The van der Waals surface area contributed by atoms with E-state index < -0.39 is 0 Å². The number of halogens is 1. The maximum atomic E-state index is 12.6. The number of thioether (sulfide) groups is 1. The van der Waals surface area contributed by atoms with Crippen LogP contribution in [-0.2, 0) is 4.79 Å². The van der Waals surface area contributed by atoms with Crippen LogP contribution in [0.1, 0.15) is 38.4 Å². The van der Waals surface area contributed by atoms with E-state index in [1.807, 2.05) is 29.2 Å². The molecule has 1 amide bonds. The largest absolute Gasteiger partial charge is 0.320 e. The van der Waals surface area contributed by atoms with Gasteiger partial charge in [0.25, 0.3) is 0 Å². The summed E-state index contributed by atoms with van der Waals surface area (Å²) in [5.41, 5.74) is 1.10. The van der Waals surface area contributed by atoms with Crippen LogP contribution in [0.5, 0.6) is 0 Å². The number of hydrogen-bond acceptors (Lipinski definition) is 3. The number of benzene rings is 1. The summed E-state index contributed by atoms with van der Waals surface area (Å²) in [5, 5.41) is 4.62. The molecular formula is C16H23ClN2OS. The van der Waals surface area contributed by atoms with Crippen LogP contribution in [0.15, 0.2) is 24.3 Å². The van der Waals surface area contributed by atoms with Crippen molar-refractivity contribution in [1.29, 1.82) is 0 Å². The molecule has 1 heterocycles. The third kappa shape index (κ3) is 3.93. The van der Waals surface area contributed by atoms with Gasteiger partial charge in [-0.2, -0.15) is 11.8 Å². The number of nitrogens with one attached hydrogen (secondary N) is 1. The van der Waals surface area contributed by atoms with Gasteiger partial charge < -0.3 is 4.90 Å². The lowest BCUT2D eigenvalue weighted by molar-refractivity contribution is -0.130. The molecule has 3 unspecified atom stereocenters. The van der Waals surface area contributed by atoms with Crippen LogP contribution < -0.4 is 5.32 Å². The molecule has 2 rings (SSSR count). The summed E-state index contributed by atoms with van der Waals surface area (Å²) in [5.74, 6) is 0.220. The summed E-state index contributed by atoms with van der Waals surface area (Å²) in [7, 11) is 0. The predicted molar refractivity (Wildman–Crippen MR) is 90.7 cm³/mol. The zero-order valence-corrected chi connectivity index (χ0v) is 14.4. The molecule has 1 fully saturated rings. The van der Waals surface area contributed by atoms with Gasteiger partial charge in [0.2, 0.25) is 5.91 Å². The number of hydrogen-bond donors (Lipinski definition) is 1. The first-order valence-electron chi connectivity index (χ1n) is 7.41. The van der Waals surface area contributed by atoms with Gasteiger partial charge >= 0.3 is 0 Å². The van der Waals surface area contributed by atoms with Gasteiger partial charge in [0.1, 0.15) is 6.17 Å².